The summed E-state index contributed by atoms with van der Waals surface area (Å²) in [6.07, 6.45) is 0. The molecule has 1 heterocycles. The molecule has 0 aromatic heterocycles. The average Bonchev–Trinajstić information content (AvgIpc) is 2.58. The Balaban J connectivity index is 1.93. The topological polar surface area (TPSA) is 53.2 Å². The van der Waals surface area contributed by atoms with E-state index in [9.17, 15) is 13.6 Å². The van der Waals surface area contributed by atoms with Crippen LogP contribution < -0.4 is 16.0 Å². The van der Waals surface area contributed by atoms with Crippen molar-refractivity contribution in [3.63, 3.8) is 0 Å². The molecular formula is C18H15F2N3OS. The number of nitrogens with one attached hydrogen (secondary N) is 3. The quantitative estimate of drug-likeness (QED) is 0.736. The number of carbonyl (C=O) groups is 1. The maximum absolute atomic E-state index is 13.4. The van der Waals surface area contributed by atoms with Crippen LogP contribution in [0, 0.1) is 11.6 Å². The summed E-state index contributed by atoms with van der Waals surface area (Å²) in [5.74, 6) is -2.43. The Hall–Kier alpha value is -2.80. The first kappa shape index (κ1) is 17.0. The fourth-order valence-corrected chi connectivity index (χ4v) is 2.93. The fraction of sp³-hybridized carbons (Fsp3) is 0.111. The van der Waals surface area contributed by atoms with Gasteiger partial charge in [-0.25, -0.2) is 8.78 Å². The molecule has 3 rings (SSSR count). The molecule has 0 spiro atoms. The van der Waals surface area contributed by atoms with Crippen molar-refractivity contribution in [3.05, 3.63) is 77.0 Å². The molecule has 1 aliphatic rings. The predicted octanol–water partition coefficient (Wildman–Crippen LogP) is 3.40. The molecule has 0 unspecified atom stereocenters. The SMILES string of the molecule is CC1=C(C(=O)Nc2ccc(F)c(F)c2)[C@H](c2ccccc2)NC(=S)N1. The van der Waals surface area contributed by atoms with Crippen molar-refractivity contribution in [2.45, 2.75) is 13.0 Å². The lowest BCUT2D eigenvalue weighted by Gasteiger charge is -2.30. The van der Waals surface area contributed by atoms with Crippen LogP contribution in [-0.2, 0) is 4.79 Å². The van der Waals surface area contributed by atoms with E-state index in [1.54, 1.807) is 6.92 Å². The molecule has 25 heavy (non-hydrogen) atoms. The molecule has 2 aromatic carbocycles. The Labute approximate surface area is 148 Å². The van der Waals surface area contributed by atoms with Crippen molar-refractivity contribution in [3.8, 4) is 0 Å². The van der Waals surface area contributed by atoms with Gasteiger partial charge in [-0.15, -0.1) is 0 Å². The third-order valence-corrected chi connectivity index (χ3v) is 4.04. The van der Waals surface area contributed by atoms with E-state index in [2.05, 4.69) is 16.0 Å². The van der Waals surface area contributed by atoms with Crippen LogP contribution in [0.1, 0.15) is 18.5 Å². The number of allylic oxidation sites excluding steroid dienone is 1. The van der Waals surface area contributed by atoms with E-state index >= 15 is 0 Å². The van der Waals surface area contributed by atoms with E-state index in [0.29, 0.717) is 16.4 Å². The van der Waals surface area contributed by atoms with Crippen molar-refractivity contribution < 1.29 is 13.6 Å². The molecular weight excluding hydrogens is 344 g/mol. The van der Waals surface area contributed by atoms with E-state index in [1.165, 1.54) is 6.07 Å². The van der Waals surface area contributed by atoms with Gasteiger partial charge in [-0.2, -0.15) is 0 Å². The van der Waals surface area contributed by atoms with Gasteiger partial charge in [-0.05, 0) is 36.8 Å². The smallest absolute Gasteiger partial charge is 0.255 e. The second kappa shape index (κ2) is 6.98. The molecule has 1 atom stereocenters. The minimum Gasteiger partial charge on any atom is -0.351 e. The lowest BCUT2D eigenvalue weighted by atomic mass is 9.95. The second-order valence-electron chi connectivity index (χ2n) is 5.56. The molecule has 2 aromatic rings. The Morgan fingerprint density at radius 3 is 2.52 bits per heavy atom. The minimum absolute atomic E-state index is 0.171. The molecule has 1 amide bonds. The zero-order chi connectivity index (χ0) is 18.0. The van der Waals surface area contributed by atoms with Gasteiger partial charge in [0.25, 0.3) is 5.91 Å². The van der Waals surface area contributed by atoms with E-state index in [0.717, 1.165) is 17.7 Å². The van der Waals surface area contributed by atoms with Gasteiger partial charge in [0.1, 0.15) is 0 Å². The van der Waals surface area contributed by atoms with E-state index in [-0.39, 0.29) is 5.69 Å². The van der Waals surface area contributed by atoms with Crippen LogP contribution in [0.2, 0.25) is 0 Å². The van der Waals surface area contributed by atoms with Gasteiger partial charge in [0.05, 0.1) is 11.6 Å². The molecule has 3 N–H and O–H groups in total. The summed E-state index contributed by atoms with van der Waals surface area (Å²) in [5.41, 5.74) is 2.05. The van der Waals surface area contributed by atoms with Crippen LogP contribution in [0.25, 0.3) is 0 Å². The second-order valence-corrected chi connectivity index (χ2v) is 5.97. The highest BCUT2D eigenvalue weighted by molar-refractivity contribution is 7.80. The average molecular weight is 359 g/mol. The zero-order valence-corrected chi connectivity index (χ0v) is 14.1. The number of rotatable bonds is 3. The maximum Gasteiger partial charge on any atom is 0.255 e. The summed E-state index contributed by atoms with van der Waals surface area (Å²) in [7, 11) is 0. The van der Waals surface area contributed by atoms with Crippen molar-refractivity contribution in [1.82, 2.24) is 10.6 Å². The number of carbonyl (C=O) groups excluding carboxylic acids is 1. The summed E-state index contributed by atoms with van der Waals surface area (Å²) in [4.78, 5) is 12.8. The molecule has 0 fully saturated rings. The number of amides is 1. The van der Waals surface area contributed by atoms with Gasteiger partial charge in [0, 0.05) is 17.5 Å². The van der Waals surface area contributed by atoms with Crippen molar-refractivity contribution in [2.24, 2.45) is 0 Å². The predicted molar refractivity (Wildman–Crippen MR) is 95.7 cm³/mol. The molecule has 128 valence electrons. The summed E-state index contributed by atoms with van der Waals surface area (Å²) >= 11 is 5.18. The van der Waals surface area contributed by atoms with Crippen molar-refractivity contribution in [2.75, 3.05) is 5.32 Å². The molecule has 0 radical (unpaired) electrons. The Morgan fingerprint density at radius 2 is 1.84 bits per heavy atom. The maximum atomic E-state index is 13.4. The number of benzene rings is 2. The largest absolute Gasteiger partial charge is 0.351 e. The number of hydrogen-bond donors (Lipinski definition) is 3. The highest BCUT2D eigenvalue weighted by Gasteiger charge is 2.29. The van der Waals surface area contributed by atoms with E-state index in [1.807, 2.05) is 30.3 Å². The lowest BCUT2D eigenvalue weighted by Crippen LogP contribution is -2.45. The first-order valence-electron chi connectivity index (χ1n) is 7.55. The summed E-state index contributed by atoms with van der Waals surface area (Å²) in [6.45, 7) is 1.74. The van der Waals surface area contributed by atoms with Crippen molar-refractivity contribution >= 4 is 28.9 Å². The fourth-order valence-electron chi connectivity index (χ4n) is 2.66. The van der Waals surface area contributed by atoms with Crippen LogP contribution in [0.3, 0.4) is 0 Å². The summed E-state index contributed by atoms with van der Waals surface area (Å²) in [6, 6.07) is 12.1. The van der Waals surface area contributed by atoms with Gasteiger partial charge < -0.3 is 16.0 Å². The summed E-state index contributed by atoms with van der Waals surface area (Å²) in [5, 5.41) is 9.00. The normalized spacial score (nSPS) is 16.9. The van der Waals surface area contributed by atoms with Crippen LogP contribution in [0.5, 0.6) is 0 Å². The number of halogens is 2. The molecule has 0 saturated heterocycles. The zero-order valence-electron chi connectivity index (χ0n) is 13.3. The number of anilines is 1. The molecule has 0 aliphatic carbocycles. The van der Waals surface area contributed by atoms with Crippen LogP contribution in [0.4, 0.5) is 14.5 Å². The van der Waals surface area contributed by atoms with Gasteiger partial charge in [-0.3, -0.25) is 4.79 Å². The van der Waals surface area contributed by atoms with Gasteiger partial charge in [0.15, 0.2) is 16.7 Å². The van der Waals surface area contributed by atoms with Crippen LogP contribution in [0.15, 0.2) is 59.8 Å². The van der Waals surface area contributed by atoms with Crippen LogP contribution in [-0.4, -0.2) is 11.0 Å². The van der Waals surface area contributed by atoms with Gasteiger partial charge in [-0.1, -0.05) is 30.3 Å². The Bertz CT molecular complexity index is 868. The van der Waals surface area contributed by atoms with Crippen LogP contribution >= 0.6 is 12.2 Å². The van der Waals surface area contributed by atoms with Gasteiger partial charge >= 0.3 is 0 Å². The van der Waals surface area contributed by atoms with Crippen molar-refractivity contribution in [1.29, 1.82) is 0 Å². The highest BCUT2D eigenvalue weighted by Crippen LogP contribution is 2.27. The molecule has 7 heteroatoms. The Morgan fingerprint density at radius 1 is 1.12 bits per heavy atom. The monoisotopic (exact) mass is 359 g/mol. The number of hydrogen-bond acceptors (Lipinski definition) is 2. The number of thiocarbonyl (C=S) groups is 1. The van der Waals surface area contributed by atoms with Gasteiger partial charge in [0.2, 0.25) is 0 Å². The minimum atomic E-state index is -1.02. The van der Waals surface area contributed by atoms with E-state index < -0.39 is 23.6 Å². The molecule has 1 aliphatic heterocycles. The highest BCUT2D eigenvalue weighted by atomic mass is 32.1. The lowest BCUT2D eigenvalue weighted by molar-refractivity contribution is -0.113. The molecule has 0 saturated carbocycles. The standard InChI is InChI=1S/C18H15F2N3OS/c1-10-15(17(24)22-12-7-8-13(19)14(20)9-12)16(23-18(25)21-10)11-5-3-2-4-6-11/h2-9,16H,1H3,(H,22,24)(H2,21,23,25)/t16-/m0/s1. The first-order chi connectivity index (χ1) is 12.0. The third kappa shape index (κ3) is 3.66. The molecule has 0 bridgehead atoms. The molecule has 4 nitrogen and oxygen atoms in total. The summed E-state index contributed by atoms with van der Waals surface area (Å²) < 4.78 is 26.4. The Kier molecular flexibility index (Phi) is 4.76. The third-order valence-electron chi connectivity index (χ3n) is 3.82. The first-order valence-corrected chi connectivity index (χ1v) is 7.96. The van der Waals surface area contributed by atoms with E-state index in [4.69, 9.17) is 12.2 Å².